The lowest BCUT2D eigenvalue weighted by molar-refractivity contribution is 0.863. The van der Waals surface area contributed by atoms with Crippen LogP contribution in [0.5, 0.6) is 0 Å². The van der Waals surface area contributed by atoms with Gasteiger partial charge in [-0.15, -0.1) is 0 Å². The lowest BCUT2D eigenvalue weighted by Crippen LogP contribution is -2.13. The zero-order valence-electron chi connectivity index (χ0n) is 11.3. The van der Waals surface area contributed by atoms with E-state index >= 15 is 0 Å². The Labute approximate surface area is 127 Å². The Morgan fingerprint density at radius 1 is 0.900 bits per heavy atom. The standard InChI is InChI=1S/C18H16BrN/c1-12-10-16(19)8-9-17(12)18(20)15-7-6-13-4-2-3-5-14(13)11-15/h2-11,18H,20H2,1H3. The van der Waals surface area contributed by atoms with Crippen LogP contribution in [0.1, 0.15) is 22.7 Å². The minimum Gasteiger partial charge on any atom is -0.320 e. The normalized spacial score (nSPS) is 12.6. The minimum absolute atomic E-state index is 0.0901. The molecule has 0 radical (unpaired) electrons. The molecule has 0 aliphatic rings. The number of hydrogen-bond acceptors (Lipinski definition) is 1. The van der Waals surface area contributed by atoms with E-state index in [1.807, 2.05) is 6.07 Å². The second-order valence-corrected chi connectivity index (χ2v) is 6.00. The van der Waals surface area contributed by atoms with Gasteiger partial charge in [-0.25, -0.2) is 0 Å². The lowest BCUT2D eigenvalue weighted by atomic mass is 9.94. The van der Waals surface area contributed by atoms with Crippen molar-refractivity contribution in [2.75, 3.05) is 0 Å². The van der Waals surface area contributed by atoms with Crippen LogP contribution in [0.4, 0.5) is 0 Å². The molecule has 20 heavy (non-hydrogen) atoms. The lowest BCUT2D eigenvalue weighted by Gasteiger charge is -2.16. The van der Waals surface area contributed by atoms with Crippen molar-refractivity contribution in [1.82, 2.24) is 0 Å². The molecule has 0 aliphatic carbocycles. The number of hydrogen-bond donors (Lipinski definition) is 1. The Bertz CT molecular complexity index is 764. The summed E-state index contributed by atoms with van der Waals surface area (Å²) in [7, 11) is 0. The molecule has 3 aromatic carbocycles. The summed E-state index contributed by atoms with van der Waals surface area (Å²) in [5, 5.41) is 2.48. The highest BCUT2D eigenvalue weighted by Gasteiger charge is 2.12. The van der Waals surface area contributed by atoms with Crippen LogP contribution in [-0.2, 0) is 0 Å². The fraction of sp³-hybridized carbons (Fsp3) is 0.111. The quantitative estimate of drug-likeness (QED) is 0.708. The fourth-order valence-electron chi connectivity index (χ4n) is 2.57. The molecule has 1 nitrogen and oxygen atoms in total. The zero-order valence-corrected chi connectivity index (χ0v) is 12.9. The van der Waals surface area contributed by atoms with Gasteiger partial charge in [0.1, 0.15) is 0 Å². The summed E-state index contributed by atoms with van der Waals surface area (Å²) in [6.45, 7) is 2.10. The largest absolute Gasteiger partial charge is 0.320 e. The topological polar surface area (TPSA) is 26.0 Å². The predicted octanol–water partition coefficient (Wildman–Crippen LogP) is 4.96. The van der Waals surface area contributed by atoms with Gasteiger partial charge in [0.25, 0.3) is 0 Å². The highest BCUT2D eigenvalue weighted by atomic mass is 79.9. The smallest absolute Gasteiger partial charge is 0.0554 e. The molecule has 1 unspecified atom stereocenters. The Kier molecular flexibility index (Phi) is 3.60. The molecule has 0 aromatic heterocycles. The first-order valence-electron chi connectivity index (χ1n) is 6.65. The second-order valence-electron chi connectivity index (χ2n) is 5.09. The number of rotatable bonds is 2. The molecule has 0 aliphatic heterocycles. The van der Waals surface area contributed by atoms with Crippen LogP contribution in [0, 0.1) is 6.92 Å². The third-order valence-electron chi connectivity index (χ3n) is 3.70. The first kappa shape index (κ1) is 13.3. The Morgan fingerprint density at radius 3 is 2.40 bits per heavy atom. The molecule has 2 heteroatoms. The number of nitrogens with two attached hydrogens (primary N) is 1. The minimum atomic E-state index is -0.0901. The summed E-state index contributed by atoms with van der Waals surface area (Å²) in [6, 6.07) is 21.0. The summed E-state index contributed by atoms with van der Waals surface area (Å²) in [5.41, 5.74) is 9.97. The Morgan fingerprint density at radius 2 is 1.65 bits per heavy atom. The summed E-state index contributed by atoms with van der Waals surface area (Å²) < 4.78 is 1.09. The number of halogens is 1. The van der Waals surface area contributed by atoms with Crippen LogP contribution in [0.2, 0.25) is 0 Å². The Hall–Kier alpha value is -1.64. The number of fused-ring (bicyclic) bond motifs is 1. The molecule has 3 rings (SSSR count). The van der Waals surface area contributed by atoms with Crippen LogP contribution in [-0.4, -0.2) is 0 Å². The van der Waals surface area contributed by atoms with Gasteiger partial charge >= 0.3 is 0 Å². The van der Waals surface area contributed by atoms with Crippen molar-refractivity contribution in [2.45, 2.75) is 13.0 Å². The van der Waals surface area contributed by atoms with Crippen molar-refractivity contribution >= 4 is 26.7 Å². The molecular weight excluding hydrogens is 310 g/mol. The molecule has 0 saturated carbocycles. The SMILES string of the molecule is Cc1cc(Br)ccc1C(N)c1ccc2ccccc2c1. The second kappa shape index (κ2) is 5.39. The van der Waals surface area contributed by atoms with Gasteiger partial charge in [0.2, 0.25) is 0 Å². The van der Waals surface area contributed by atoms with E-state index in [0.29, 0.717) is 0 Å². The molecule has 0 heterocycles. The van der Waals surface area contributed by atoms with Crippen molar-refractivity contribution in [1.29, 1.82) is 0 Å². The average Bonchev–Trinajstić information content (AvgIpc) is 2.46. The fourth-order valence-corrected chi connectivity index (χ4v) is 3.04. The highest BCUT2D eigenvalue weighted by Crippen LogP contribution is 2.27. The third-order valence-corrected chi connectivity index (χ3v) is 4.19. The summed E-state index contributed by atoms with van der Waals surface area (Å²) in [4.78, 5) is 0. The molecule has 0 spiro atoms. The van der Waals surface area contributed by atoms with E-state index in [1.54, 1.807) is 0 Å². The van der Waals surface area contributed by atoms with E-state index in [0.717, 1.165) is 10.0 Å². The molecule has 0 bridgehead atoms. The van der Waals surface area contributed by atoms with E-state index in [4.69, 9.17) is 5.73 Å². The molecule has 0 fully saturated rings. The van der Waals surface area contributed by atoms with Crippen molar-refractivity contribution in [3.05, 3.63) is 81.8 Å². The highest BCUT2D eigenvalue weighted by molar-refractivity contribution is 9.10. The van der Waals surface area contributed by atoms with E-state index in [2.05, 4.69) is 77.5 Å². The van der Waals surface area contributed by atoms with E-state index in [9.17, 15) is 0 Å². The van der Waals surface area contributed by atoms with E-state index < -0.39 is 0 Å². The van der Waals surface area contributed by atoms with Gasteiger partial charge in [0.15, 0.2) is 0 Å². The van der Waals surface area contributed by atoms with Gasteiger partial charge in [-0.3, -0.25) is 0 Å². The van der Waals surface area contributed by atoms with Crippen molar-refractivity contribution in [3.8, 4) is 0 Å². The van der Waals surface area contributed by atoms with Gasteiger partial charge in [-0.2, -0.15) is 0 Å². The van der Waals surface area contributed by atoms with E-state index in [-0.39, 0.29) is 6.04 Å². The first-order chi connectivity index (χ1) is 9.65. The Balaban J connectivity index is 2.05. The van der Waals surface area contributed by atoms with Crippen LogP contribution in [0.15, 0.2) is 65.1 Å². The van der Waals surface area contributed by atoms with Gasteiger partial charge in [-0.05, 0) is 52.6 Å². The molecular formula is C18H16BrN. The molecule has 0 amide bonds. The summed E-state index contributed by atoms with van der Waals surface area (Å²) >= 11 is 3.49. The van der Waals surface area contributed by atoms with Gasteiger partial charge in [0, 0.05) is 4.47 Å². The molecule has 1 atom stereocenters. The number of aryl methyl sites for hydroxylation is 1. The van der Waals surface area contributed by atoms with Crippen molar-refractivity contribution in [2.24, 2.45) is 5.73 Å². The van der Waals surface area contributed by atoms with Gasteiger partial charge < -0.3 is 5.73 Å². The zero-order chi connectivity index (χ0) is 14.1. The maximum Gasteiger partial charge on any atom is 0.0554 e. The van der Waals surface area contributed by atoms with Crippen molar-refractivity contribution in [3.63, 3.8) is 0 Å². The molecule has 2 N–H and O–H groups in total. The average molecular weight is 326 g/mol. The van der Waals surface area contributed by atoms with Gasteiger partial charge in [-0.1, -0.05) is 58.4 Å². The monoisotopic (exact) mass is 325 g/mol. The summed E-state index contributed by atoms with van der Waals surface area (Å²) in [5.74, 6) is 0. The van der Waals surface area contributed by atoms with Crippen LogP contribution in [0.25, 0.3) is 10.8 Å². The van der Waals surface area contributed by atoms with Crippen LogP contribution >= 0.6 is 15.9 Å². The molecule has 3 aromatic rings. The third kappa shape index (κ3) is 2.49. The molecule has 0 saturated heterocycles. The maximum absolute atomic E-state index is 6.44. The summed E-state index contributed by atoms with van der Waals surface area (Å²) in [6.07, 6.45) is 0. The predicted molar refractivity (Wildman–Crippen MR) is 88.9 cm³/mol. The van der Waals surface area contributed by atoms with Gasteiger partial charge in [0.05, 0.1) is 6.04 Å². The van der Waals surface area contributed by atoms with Crippen LogP contribution < -0.4 is 5.73 Å². The first-order valence-corrected chi connectivity index (χ1v) is 7.45. The van der Waals surface area contributed by atoms with Crippen molar-refractivity contribution < 1.29 is 0 Å². The molecule has 100 valence electrons. The number of benzene rings is 3. The van der Waals surface area contributed by atoms with E-state index in [1.165, 1.54) is 21.9 Å². The maximum atomic E-state index is 6.44. The van der Waals surface area contributed by atoms with Crippen LogP contribution in [0.3, 0.4) is 0 Å².